The molecule has 4 N–H and O–H groups in total. The van der Waals surface area contributed by atoms with Crippen LogP contribution in [0.1, 0.15) is 26.5 Å². The number of nitrogens with one attached hydrogen (secondary N) is 2. The third kappa shape index (κ3) is 6.77. The van der Waals surface area contributed by atoms with Gasteiger partial charge in [0.2, 0.25) is 5.95 Å². The van der Waals surface area contributed by atoms with Crippen molar-refractivity contribution in [1.29, 1.82) is 0 Å². The topological polar surface area (TPSA) is 98.0 Å². The molecule has 0 bridgehead atoms. The van der Waals surface area contributed by atoms with Crippen LogP contribution in [0.3, 0.4) is 0 Å². The molecule has 156 valence electrons. The van der Waals surface area contributed by atoms with Crippen molar-refractivity contribution in [2.45, 2.75) is 26.8 Å². The first kappa shape index (κ1) is 22.7. The fourth-order valence-electron chi connectivity index (χ4n) is 2.51. The van der Waals surface area contributed by atoms with E-state index in [0.29, 0.717) is 31.7 Å². The number of ether oxygens (including phenoxy) is 1. The van der Waals surface area contributed by atoms with Gasteiger partial charge in [-0.3, -0.25) is 0 Å². The maximum absolute atomic E-state index is 5.95. The summed E-state index contributed by atoms with van der Waals surface area (Å²) in [7, 11) is 1.66. The van der Waals surface area contributed by atoms with Gasteiger partial charge in [0.15, 0.2) is 5.13 Å². The predicted molar refractivity (Wildman–Crippen MR) is 123 cm³/mol. The molecule has 0 unspecified atom stereocenters. The molecule has 0 aliphatic carbocycles. The minimum Gasteiger partial charge on any atom is -0.383 e. The van der Waals surface area contributed by atoms with Crippen LogP contribution in [0.5, 0.6) is 0 Å². The first-order valence-corrected chi connectivity index (χ1v) is 10.3. The molecule has 0 radical (unpaired) electrons. The Morgan fingerprint density at radius 3 is 2.83 bits per heavy atom. The number of aromatic nitrogens is 3. The van der Waals surface area contributed by atoms with E-state index in [0.717, 1.165) is 32.5 Å². The van der Waals surface area contributed by atoms with Gasteiger partial charge in [0.1, 0.15) is 0 Å². The molecule has 0 aliphatic rings. The lowest BCUT2D eigenvalue weighted by molar-refractivity contribution is 0.210. The number of hydrogen-bond donors (Lipinski definition) is 3. The number of thiazole rings is 1. The van der Waals surface area contributed by atoms with Gasteiger partial charge in [-0.05, 0) is 38.0 Å². The Morgan fingerprint density at radius 1 is 1.38 bits per heavy atom. The molecule has 0 fully saturated rings. The lowest BCUT2D eigenvalue weighted by Crippen LogP contribution is -2.12. The second kappa shape index (κ2) is 11.5. The van der Waals surface area contributed by atoms with Gasteiger partial charge in [0.25, 0.3) is 0 Å². The quantitative estimate of drug-likeness (QED) is 0.378. The van der Waals surface area contributed by atoms with Crippen molar-refractivity contribution < 1.29 is 4.74 Å². The molecule has 2 heterocycles. The van der Waals surface area contributed by atoms with Crippen LogP contribution >= 0.6 is 11.3 Å². The number of hydrogen-bond acceptors (Lipinski definition) is 8. The molecule has 7 nitrogen and oxygen atoms in total. The van der Waals surface area contributed by atoms with Gasteiger partial charge >= 0.3 is 0 Å². The first-order valence-electron chi connectivity index (χ1n) is 9.52. The SMILES string of the molecule is C=C/C=C\C(CN)=C(/C)c1cc(-c2cnc(NC(C)C)s2)nc(NCCOC)n1. The third-order valence-electron chi connectivity index (χ3n) is 4.01. The molecule has 0 saturated heterocycles. The van der Waals surface area contributed by atoms with Crippen molar-refractivity contribution in [3.63, 3.8) is 0 Å². The van der Waals surface area contributed by atoms with E-state index < -0.39 is 0 Å². The molecule has 2 aromatic heterocycles. The molecule has 0 saturated carbocycles. The summed E-state index contributed by atoms with van der Waals surface area (Å²) in [5.74, 6) is 0.546. The number of nitrogens with zero attached hydrogens (tertiary/aromatic N) is 3. The Kier molecular flexibility index (Phi) is 8.98. The fourth-order valence-corrected chi connectivity index (χ4v) is 3.43. The Bertz CT molecular complexity index is 872. The number of nitrogens with two attached hydrogens (primary N) is 1. The van der Waals surface area contributed by atoms with Crippen molar-refractivity contribution in [1.82, 2.24) is 15.0 Å². The Labute approximate surface area is 176 Å². The monoisotopic (exact) mass is 414 g/mol. The van der Waals surface area contributed by atoms with Crippen LogP contribution in [0.2, 0.25) is 0 Å². The summed E-state index contributed by atoms with van der Waals surface area (Å²) in [4.78, 5) is 14.8. The number of anilines is 2. The highest BCUT2D eigenvalue weighted by atomic mass is 32.1. The average Bonchev–Trinajstić information content (AvgIpc) is 3.16. The van der Waals surface area contributed by atoms with Gasteiger partial charge in [-0.1, -0.05) is 36.1 Å². The number of allylic oxidation sites excluding steroid dienone is 3. The second-order valence-corrected chi connectivity index (χ2v) is 7.69. The van der Waals surface area contributed by atoms with Gasteiger partial charge < -0.3 is 21.1 Å². The lowest BCUT2D eigenvalue weighted by Gasteiger charge is -2.11. The van der Waals surface area contributed by atoms with Crippen molar-refractivity contribution >= 4 is 28.0 Å². The van der Waals surface area contributed by atoms with Crippen LogP contribution in [0.4, 0.5) is 11.1 Å². The normalized spacial score (nSPS) is 12.3. The zero-order valence-electron chi connectivity index (χ0n) is 17.5. The molecule has 0 spiro atoms. The zero-order valence-corrected chi connectivity index (χ0v) is 18.3. The van der Waals surface area contributed by atoms with Crippen molar-refractivity contribution in [2.75, 3.05) is 37.4 Å². The van der Waals surface area contributed by atoms with Gasteiger partial charge in [-0.15, -0.1) is 0 Å². The molecule has 2 rings (SSSR count). The summed E-state index contributed by atoms with van der Waals surface area (Å²) >= 11 is 1.57. The minimum absolute atomic E-state index is 0.315. The fraction of sp³-hybridized carbons (Fsp3) is 0.381. The Morgan fingerprint density at radius 2 is 2.17 bits per heavy atom. The molecule has 0 amide bonds. The van der Waals surface area contributed by atoms with E-state index in [1.165, 1.54) is 0 Å². The second-order valence-electron chi connectivity index (χ2n) is 6.66. The molecule has 8 heteroatoms. The predicted octanol–water partition coefficient (Wildman–Crippen LogP) is 3.95. The van der Waals surface area contributed by atoms with Crippen LogP contribution in [0.25, 0.3) is 16.1 Å². The molecule has 2 aromatic rings. The summed E-state index contributed by atoms with van der Waals surface area (Å²) in [6.07, 6.45) is 7.39. The highest BCUT2D eigenvalue weighted by Gasteiger charge is 2.13. The van der Waals surface area contributed by atoms with Crippen LogP contribution in [0.15, 0.2) is 42.6 Å². The maximum atomic E-state index is 5.95. The number of rotatable bonds is 11. The zero-order chi connectivity index (χ0) is 21.2. The first-order chi connectivity index (χ1) is 14.0. The van der Waals surface area contributed by atoms with Gasteiger partial charge in [0.05, 0.1) is 22.9 Å². The summed E-state index contributed by atoms with van der Waals surface area (Å²) in [6, 6.07) is 2.29. The van der Waals surface area contributed by atoms with E-state index in [1.54, 1.807) is 24.5 Å². The van der Waals surface area contributed by atoms with E-state index in [9.17, 15) is 0 Å². The number of methoxy groups -OCH3 is 1. The standard InChI is InChI=1S/C21H30N6OS/c1-6-7-8-16(12-22)15(4)17-11-18(27-20(26-17)23-9-10-28-5)19-13-24-21(29-19)25-14(2)3/h6-8,11,13-14H,1,9-10,12,22H2,2-5H3,(H,24,25)(H,23,26,27)/b8-7-,16-15-. The van der Waals surface area contributed by atoms with E-state index in [2.05, 4.69) is 46.0 Å². The highest BCUT2D eigenvalue weighted by Crippen LogP contribution is 2.30. The van der Waals surface area contributed by atoms with Gasteiger partial charge in [0, 0.05) is 32.4 Å². The molecule has 0 atom stereocenters. The van der Waals surface area contributed by atoms with Crippen molar-refractivity contribution in [3.8, 4) is 10.6 Å². The van der Waals surface area contributed by atoms with Gasteiger partial charge in [-0.2, -0.15) is 0 Å². The molecule has 0 aromatic carbocycles. The summed E-state index contributed by atoms with van der Waals surface area (Å²) in [5.41, 5.74) is 9.56. The van der Waals surface area contributed by atoms with Crippen LogP contribution in [-0.2, 0) is 4.74 Å². The summed E-state index contributed by atoms with van der Waals surface area (Å²) in [6.45, 7) is 11.5. The van der Waals surface area contributed by atoms with Gasteiger partial charge in [-0.25, -0.2) is 15.0 Å². The minimum atomic E-state index is 0.315. The highest BCUT2D eigenvalue weighted by molar-refractivity contribution is 7.18. The smallest absolute Gasteiger partial charge is 0.223 e. The van der Waals surface area contributed by atoms with E-state index in [1.807, 2.05) is 31.3 Å². The van der Waals surface area contributed by atoms with Crippen LogP contribution in [-0.4, -0.2) is 47.8 Å². The van der Waals surface area contributed by atoms with E-state index >= 15 is 0 Å². The van der Waals surface area contributed by atoms with E-state index in [4.69, 9.17) is 10.5 Å². The largest absolute Gasteiger partial charge is 0.383 e. The summed E-state index contributed by atoms with van der Waals surface area (Å²) < 4.78 is 5.12. The van der Waals surface area contributed by atoms with Crippen molar-refractivity contribution in [2.24, 2.45) is 5.73 Å². The molecular formula is C21H30N6OS. The lowest BCUT2D eigenvalue weighted by atomic mass is 10.0. The van der Waals surface area contributed by atoms with Crippen LogP contribution < -0.4 is 16.4 Å². The summed E-state index contributed by atoms with van der Waals surface area (Å²) in [5, 5.41) is 7.42. The molecular weight excluding hydrogens is 384 g/mol. The Balaban J connectivity index is 2.47. The van der Waals surface area contributed by atoms with Crippen molar-refractivity contribution in [3.05, 3.63) is 48.3 Å². The molecule has 29 heavy (non-hydrogen) atoms. The maximum Gasteiger partial charge on any atom is 0.223 e. The average molecular weight is 415 g/mol. The molecule has 0 aliphatic heterocycles. The van der Waals surface area contributed by atoms with E-state index in [-0.39, 0.29) is 0 Å². The third-order valence-corrected chi connectivity index (χ3v) is 4.96. The Hall–Kier alpha value is -2.55. The van der Waals surface area contributed by atoms with Crippen LogP contribution in [0, 0.1) is 0 Å².